The predicted octanol–water partition coefficient (Wildman–Crippen LogP) is 2.90. The minimum Gasteiger partial charge on any atom is -0.370 e. The molecule has 2 aliphatic carbocycles. The minimum absolute atomic E-state index is 0.291. The van der Waals surface area contributed by atoms with E-state index in [1.54, 1.807) is 0 Å². The lowest BCUT2D eigenvalue weighted by molar-refractivity contribution is 0.104. The van der Waals surface area contributed by atoms with Crippen molar-refractivity contribution in [2.24, 2.45) is 16.6 Å². The zero-order valence-corrected chi connectivity index (χ0v) is 11.7. The van der Waals surface area contributed by atoms with E-state index < -0.39 is 0 Å². The first-order valence-corrected chi connectivity index (χ1v) is 7.83. The molecule has 3 heteroatoms. The Morgan fingerprint density at radius 3 is 2.44 bits per heavy atom. The van der Waals surface area contributed by atoms with Crippen LogP contribution in [-0.2, 0) is 0 Å². The standard InChI is InChI=1S/C15H27N3/c1-12-7-6-10-15(12)11-17-14(16)18(15)13-8-4-2-3-5-9-13/h12-13H,2-11H2,1H3,(H2,16,17). The van der Waals surface area contributed by atoms with Crippen molar-refractivity contribution >= 4 is 5.96 Å². The topological polar surface area (TPSA) is 41.6 Å². The summed E-state index contributed by atoms with van der Waals surface area (Å²) in [5.41, 5.74) is 6.54. The largest absolute Gasteiger partial charge is 0.370 e. The summed E-state index contributed by atoms with van der Waals surface area (Å²) in [6.07, 6.45) is 12.2. The zero-order chi connectivity index (χ0) is 12.6. The van der Waals surface area contributed by atoms with Crippen molar-refractivity contribution in [1.82, 2.24) is 4.90 Å². The van der Waals surface area contributed by atoms with Crippen molar-refractivity contribution < 1.29 is 0 Å². The quantitative estimate of drug-likeness (QED) is 0.726. The van der Waals surface area contributed by atoms with Crippen LogP contribution in [0, 0.1) is 5.92 Å². The van der Waals surface area contributed by atoms with Gasteiger partial charge in [0.2, 0.25) is 0 Å². The lowest BCUT2D eigenvalue weighted by Crippen LogP contribution is -2.57. The van der Waals surface area contributed by atoms with Crippen LogP contribution in [-0.4, -0.2) is 29.0 Å². The van der Waals surface area contributed by atoms with E-state index in [-0.39, 0.29) is 0 Å². The van der Waals surface area contributed by atoms with E-state index in [4.69, 9.17) is 5.73 Å². The van der Waals surface area contributed by atoms with Crippen molar-refractivity contribution in [2.45, 2.75) is 76.3 Å². The predicted molar refractivity (Wildman–Crippen MR) is 75.6 cm³/mol. The van der Waals surface area contributed by atoms with E-state index in [1.807, 2.05) is 0 Å². The summed E-state index contributed by atoms with van der Waals surface area (Å²) >= 11 is 0. The van der Waals surface area contributed by atoms with Crippen LogP contribution < -0.4 is 5.73 Å². The van der Waals surface area contributed by atoms with E-state index in [0.29, 0.717) is 11.6 Å². The molecule has 0 radical (unpaired) electrons. The Labute approximate surface area is 111 Å². The Kier molecular flexibility index (Phi) is 3.25. The first kappa shape index (κ1) is 12.3. The fourth-order valence-electron chi connectivity index (χ4n) is 4.49. The molecular formula is C15H27N3. The number of rotatable bonds is 1. The summed E-state index contributed by atoms with van der Waals surface area (Å²) < 4.78 is 0. The average Bonchev–Trinajstić information content (AvgIpc) is 2.75. The molecule has 1 spiro atoms. The second-order valence-corrected chi connectivity index (χ2v) is 6.59. The van der Waals surface area contributed by atoms with Gasteiger partial charge in [-0.3, -0.25) is 4.99 Å². The van der Waals surface area contributed by atoms with Gasteiger partial charge in [-0.1, -0.05) is 39.0 Å². The van der Waals surface area contributed by atoms with Crippen LogP contribution in [0.4, 0.5) is 0 Å². The molecule has 0 aromatic rings. The second-order valence-electron chi connectivity index (χ2n) is 6.59. The van der Waals surface area contributed by atoms with Crippen LogP contribution in [0.3, 0.4) is 0 Å². The highest BCUT2D eigenvalue weighted by atomic mass is 15.4. The molecule has 0 saturated heterocycles. The molecule has 2 saturated carbocycles. The summed E-state index contributed by atoms with van der Waals surface area (Å²) in [7, 11) is 0. The summed E-state index contributed by atoms with van der Waals surface area (Å²) in [6, 6.07) is 0.666. The fourth-order valence-corrected chi connectivity index (χ4v) is 4.49. The van der Waals surface area contributed by atoms with E-state index in [9.17, 15) is 0 Å². The minimum atomic E-state index is 0.291. The maximum Gasteiger partial charge on any atom is 0.192 e. The van der Waals surface area contributed by atoms with Gasteiger partial charge >= 0.3 is 0 Å². The van der Waals surface area contributed by atoms with Crippen molar-refractivity contribution in [3.8, 4) is 0 Å². The molecule has 2 fully saturated rings. The summed E-state index contributed by atoms with van der Waals surface area (Å²) in [5, 5.41) is 0. The van der Waals surface area contributed by atoms with Crippen molar-refractivity contribution in [3.63, 3.8) is 0 Å². The maximum absolute atomic E-state index is 6.25. The molecule has 102 valence electrons. The number of hydrogen-bond acceptors (Lipinski definition) is 3. The molecule has 0 aromatic heterocycles. The van der Waals surface area contributed by atoms with Crippen LogP contribution in [0.15, 0.2) is 4.99 Å². The summed E-state index contributed by atoms with van der Waals surface area (Å²) in [4.78, 5) is 7.19. The first-order chi connectivity index (χ1) is 8.74. The highest BCUT2D eigenvalue weighted by Crippen LogP contribution is 2.45. The lowest BCUT2D eigenvalue weighted by Gasteiger charge is -2.44. The summed E-state index contributed by atoms with van der Waals surface area (Å²) in [6.45, 7) is 3.36. The van der Waals surface area contributed by atoms with Crippen molar-refractivity contribution in [1.29, 1.82) is 0 Å². The Balaban J connectivity index is 1.84. The number of hydrogen-bond donors (Lipinski definition) is 1. The van der Waals surface area contributed by atoms with Crippen LogP contribution in [0.25, 0.3) is 0 Å². The van der Waals surface area contributed by atoms with Gasteiger partial charge in [0.05, 0.1) is 12.1 Å². The van der Waals surface area contributed by atoms with Crippen LogP contribution in [0.5, 0.6) is 0 Å². The average molecular weight is 249 g/mol. The Hall–Kier alpha value is -0.730. The van der Waals surface area contributed by atoms with Crippen LogP contribution >= 0.6 is 0 Å². The van der Waals surface area contributed by atoms with Crippen LogP contribution in [0.2, 0.25) is 0 Å². The monoisotopic (exact) mass is 249 g/mol. The molecule has 0 amide bonds. The Morgan fingerprint density at radius 2 is 1.83 bits per heavy atom. The second kappa shape index (κ2) is 4.75. The third-order valence-corrected chi connectivity index (χ3v) is 5.60. The third-order valence-electron chi connectivity index (χ3n) is 5.60. The molecule has 1 heterocycles. The molecule has 2 unspecified atom stereocenters. The molecule has 3 nitrogen and oxygen atoms in total. The van der Waals surface area contributed by atoms with E-state index >= 15 is 0 Å². The first-order valence-electron chi connectivity index (χ1n) is 7.83. The summed E-state index contributed by atoms with van der Waals surface area (Å²) in [5.74, 6) is 1.60. The maximum atomic E-state index is 6.25. The fraction of sp³-hybridized carbons (Fsp3) is 0.933. The van der Waals surface area contributed by atoms with Gasteiger partial charge in [0.25, 0.3) is 0 Å². The van der Waals surface area contributed by atoms with Crippen molar-refractivity contribution in [2.75, 3.05) is 6.54 Å². The Morgan fingerprint density at radius 1 is 1.11 bits per heavy atom. The Bertz CT molecular complexity index is 331. The SMILES string of the molecule is CC1CCCC12CN=C(N)N2C1CCCCCC1. The molecular weight excluding hydrogens is 222 g/mol. The number of nitrogens with two attached hydrogens (primary N) is 1. The van der Waals surface area contributed by atoms with Gasteiger partial charge in [0, 0.05) is 6.04 Å². The lowest BCUT2D eigenvalue weighted by atomic mass is 9.85. The van der Waals surface area contributed by atoms with Gasteiger partial charge in [0.15, 0.2) is 5.96 Å². The van der Waals surface area contributed by atoms with Gasteiger partial charge in [-0.25, -0.2) is 0 Å². The molecule has 18 heavy (non-hydrogen) atoms. The molecule has 3 aliphatic rings. The van der Waals surface area contributed by atoms with Crippen molar-refractivity contribution in [3.05, 3.63) is 0 Å². The highest BCUT2D eigenvalue weighted by Gasteiger charge is 2.51. The highest BCUT2D eigenvalue weighted by molar-refractivity contribution is 5.81. The van der Waals surface area contributed by atoms with E-state index in [2.05, 4.69) is 16.8 Å². The molecule has 2 N–H and O–H groups in total. The third kappa shape index (κ3) is 1.83. The smallest absolute Gasteiger partial charge is 0.192 e. The molecule has 2 atom stereocenters. The van der Waals surface area contributed by atoms with Gasteiger partial charge < -0.3 is 10.6 Å². The van der Waals surface area contributed by atoms with Gasteiger partial charge in [0.1, 0.15) is 0 Å². The molecule has 1 aliphatic heterocycles. The normalized spacial score (nSPS) is 38.2. The molecule has 0 aromatic carbocycles. The van der Waals surface area contributed by atoms with E-state index in [1.165, 1.54) is 57.8 Å². The van der Waals surface area contributed by atoms with Crippen LogP contribution in [0.1, 0.15) is 64.7 Å². The number of guanidine groups is 1. The molecule has 0 bridgehead atoms. The zero-order valence-electron chi connectivity index (χ0n) is 11.7. The molecule has 3 rings (SSSR count). The van der Waals surface area contributed by atoms with Gasteiger partial charge in [-0.15, -0.1) is 0 Å². The van der Waals surface area contributed by atoms with E-state index in [0.717, 1.165) is 18.4 Å². The van der Waals surface area contributed by atoms with Gasteiger partial charge in [-0.2, -0.15) is 0 Å². The number of nitrogens with zero attached hydrogens (tertiary/aromatic N) is 2. The van der Waals surface area contributed by atoms with Gasteiger partial charge in [-0.05, 0) is 31.6 Å². The number of aliphatic imine (C=N–C) groups is 1.